The first kappa shape index (κ1) is 17.9. The second kappa shape index (κ2) is 10.5. The van der Waals surface area contributed by atoms with Gasteiger partial charge in [0.2, 0.25) is 0 Å². The Morgan fingerprint density at radius 2 is 1.95 bits per heavy atom. The molecule has 1 rings (SSSR count). The normalized spacial score (nSPS) is 12.4. The minimum atomic E-state index is -0.246. The molecule has 1 aromatic carbocycles. The van der Waals surface area contributed by atoms with Crippen LogP contribution in [0, 0.1) is 5.82 Å². The standard InChI is InChI=1S/C16H26FNO3/c1-4-8-18-13(2)16-14(17)6-5-7-15(16)21-12-11-20-10-9-19-3/h5-7,13,18H,4,8-12H2,1-3H3. The Labute approximate surface area is 126 Å². The molecule has 120 valence electrons. The van der Waals surface area contributed by atoms with Crippen molar-refractivity contribution in [1.29, 1.82) is 0 Å². The van der Waals surface area contributed by atoms with Crippen molar-refractivity contribution in [1.82, 2.24) is 5.32 Å². The highest BCUT2D eigenvalue weighted by Crippen LogP contribution is 2.27. The first-order valence-electron chi connectivity index (χ1n) is 7.42. The van der Waals surface area contributed by atoms with Gasteiger partial charge in [0.1, 0.15) is 18.2 Å². The summed E-state index contributed by atoms with van der Waals surface area (Å²) in [4.78, 5) is 0. The smallest absolute Gasteiger partial charge is 0.131 e. The Hall–Kier alpha value is -1.17. The van der Waals surface area contributed by atoms with Gasteiger partial charge in [-0.3, -0.25) is 0 Å². The van der Waals surface area contributed by atoms with Crippen LogP contribution in [0.3, 0.4) is 0 Å². The SMILES string of the molecule is CCCNC(C)c1c(F)cccc1OCCOCCOC. The number of ether oxygens (including phenoxy) is 3. The Morgan fingerprint density at radius 3 is 2.67 bits per heavy atom. The molecule has 21 heavy (non-hydrogen) atoms. The van der Waals surface area contributed by atoms with Crippen LogP contribution in [-0.4, -0.2) is 40.1 Å². The molecule has 0 aliphatic rings. The summed E-state index contributed by atoms with van der Waals surface area (Å²) >= 11 is 0. The molecule has 0 fully saturated rings. The van der Waals surface area contributed by atoms with Gasteiger partial charge in [0, 0.05) is 18.7 Å². The van der Waals surface area contributed by atoms with Gasteiger partial charge >= 0.3 is 0 Å². The Kier molecular flexibility index (Phi) is 8.98. The molecule has 0 saturated carbocycles. The largest absolute Gasteiger partial charge is 0.491 e. The minimum Gasteiger partial charge on any atom is -0.491 e. The highest BCUT2D eigenvalue weighted by Gasteiger charge is 2.16. The second-order valence-corrected chi connectivity index (χ2v) is 4.78. The van der Waals surface area contributed by atoms with Gasteiger partial charge in [-0.25, -0.2) is 4.39 Å². The van der Waals surface area contributed by atoms with Crippen molar-refractivity contribution >= 4 is 0 Å². The Bertz CT molecular complexity index is 401. The van der Waals surface area contributed by atoms with Crippen LogP contribution in [0.25, 0.3) is 0 Å². The molecule has 4 nitrogen and oxygen atoms in total. The average Bonchev–Trinajstić information content (AvgIpc) is 2.48. The number of methoxy groups -OCH3 is 1. The summed E-state index contributed by atoms with van der Waals surface area (Å²) in [5, 5.41) is 3.28. The molecular formula is C16H26FNO3. The monoisotopic (exact) mass is 299 g/mol. The van der Waals surface area contributed by atoms with Crippen LogP contribution in [0.5, 0.6) is 5.75 Å². The Morgan fingerprint density at radius 1 is 1.19 bits per heavy atom. The van der Waals surface area contributed by atoms with E-state index in [2.05, 4.69) is 12.2 Å². The van der Waals surface area contributed by atoms with Crippen molar-refractivity contribution < 1.29 is 18.6 Å². The molecule has 1 aromatic rings. The number of halogens is 1. The molecule has 1 unspecified atom stereocenters. The van der Waals surface area contributed by atoms with E-state index in [0.717, 1.165) is 13.0 Å². The molecule has 0 radical (unpaired) electrons. The van der Waals surface area contributed by atoms with Crippen LogP contribution in [0.15, 0.2) is 18.2 Å². The number of hydrogen-bond donors (Lipinski definition) is 1. The van der Waals surface area contributed by atoms with Crippen LogP contribution in [0.1, 0.15) is 31.9 Å². The molecule has 0 amide bonds. The van der Waals surface area contributed by atoms with E-state index in [1.165, 1.54) is 6.07 Å². The van der Waals surface area contributed by atoms with E-state index in [4.69, 9.17) is 14.2 Å². The third-order valence-electron chi connectivity index (χ3n) is 3.06. The topological polar surface area (TPSA) is 39.7 Å². The van der Waals surface area contributed by atoms with E-state index in [1.807, 2.05) is 6.92 Å². The van der Waals surface area contributed by atoms with Crippen molar-refractivity contribution in [2.24, 2.45) is 0 Å². The van der Waals surface area contributed by atoms with Gasteiger partial charge in [-0.1, -0.05) is 13.0 Å². The second-order valence-electron chi connectivity index (χ2n) is 4.78. The maximum atomic E-state index is 14.0. The molecule has 1 atom stereocenters. The predicted octanol–water partition coefficient (Wildman–Crippen LogP) is 2.93. The quantitative estimate of drug-likeness (QED) is 0.638. The fourth-order valence-electron chi connectivity index (χ4n) is 1.98. The maximum absolute atomic E-state index is 14.0. The van der Waals surface area contributed by atoms with E-state index in [0.29, 0.717) is 37.7 Å². The van der Waals surface area contributed by atoms with E-state index in [-0.39, 0.29) is 11.9 Å². The molecule has 0 spiro atoms. The molecular weight excluding hydrogens is 273 g/mol. The first-order valence-corrected chi connectivity index (χ1v) is 7.42. The molecule has 0 saturated heterocycles. The zero-order valence-electron chi connectivity index (χ0n) is 13.2. The number of hydrogen-bond acceptors (Lipinski definition) is 4. The fourth-order valence-corrected chi connectivity index (χ4v) is 1.98. The van der Waals surface area contributed by atoms with Gasteiger partial charge in [-0.15, -0.1) is 0 Å². The lowest BCUT2D eigenvalue weighted by Crippen LogP contribution is -2.21. The van der Waals surface area contributed by atoms with Crippen LogP contribution < -0.4 is 10.1 Å². The zero-order chi connectivity index (χ0) is 15.5. The highest BCUT2D eigenvalue weighted by atomic mass is 19.1. The van der Waals surface area contributed by atoms with Gasteiger partial charge in [0.15, 0.2) is 0 Å². The molecule has 0 bridgehead atoms. The number of rotatable bonds is 11. The average molecular weight is 299 g/mol. The molecule has 0 heterocycles. The van der Waals surface area contributed by atoms with Crippen molar-refractivity contribution in [3.8, 4) is 5.75 Å². The third kappa shape index (κ3) is 6.42. The van der Waals surface area contributed by atoms with Gasteiger partial charge in [0.25, 0.3) is 0 Å². The van der Waals surface area contributed by atoms with Crippen LogP contribution in [0.2, 0.25) is 0 Å². The van der Waals surface area contributed by atoms with Crippen LogP contribution >= 0.6 is 0 Å². The van der Waals surface area contributed by atoms with E-state index < -0.39 is 0 Å². The lowest BCUT2D eigenvalue weighted by molar-refractivity contribution is 0.0541. The maximum Gasteiger partial charge on any atom is 0.131 e. The minimum absolute atomic E-state index is 0.0874. The van der Waals surface area contributed by atoms with Crippen molar-refractivity contribution in [3.63, 3.8) is 0 Å². The van der Waals surface area contributed by atoms with Gasteiger partial charge in [-0.05, 0) is 32.0 Å². The van der Waals surface area contributed by atoms with Crippen molar-refractivity contribution in [2.75, 3.05) is 40.1 Å². The fraction of sp³-hybridized carbons (Fsp3) is 0.625. The van der Waals surface area contributed by atoms with Gasteiger partial charge in [-0.2, -0.15) is 0 Å². The van der Waals surface area contributed by atoms with E-state index in [9.17, 15) is 4.39 Å². The van der Waals surface area contributed by atoms with Crippen LogP contribution in [-0.2, 0) is 9.47 Å². The van der Waals surface area contributed by atoms with Gasteiger partial charge < -0.3 is 19.5 Å². The molecule has 0 aliphatic heterocycles. The zero-order valence-corrected chi connectivity index (χ0v) is 13.2. The van der Waals surface area contributed by atoms with Gasteiger partial charge in [0.05, 0.1) is 19.8 Å². The highest BCUT2D eigenvalue weighted by molar-refractivity contribution is 5.37. The van der Waals surface area contributed by atoms with E-state index >= 15 is 0 Å². The Balaban J connectivity index is 2.54. The molecule has 0 aromatic heterocycles. The summed E-state index contributed by atoms with van der Waals surface area (Å²) in [6.45, 7) is 6.80. The summed E-state index contributed by atoms with van der Waals surface area (Å²) in [5.41, 5.74) is 0.572. The molecule has 1 N–H and O–H groups in total. The number of nitrogens with one attached hydrogen (secondary N) is 1. The molecule has 5 heteroatoms. The lowest BCUT2D eigenvalue weighted by Gasteiger charge is -2.19. The first-order chi connectivity index (χ1) is 10.2. The summed E-state index contributed by atoms with van der Waals surface area (Å²) in [6, 6.07) is 4.82. The molecule has 0 aliphatic carbocycles. The summed E-state index contributed by atoms with van der Waals surface area (Å²) < 4.78 is 29.9. The van der Waals surface area contributed by atoms with Crippen LogP contribution in [0.4, 0.5) is 4.39 Å². The summed E-state index contributed by atoms with van der Waals surface area (Å²) in [7, 11) is 1.63. The number of benzene rings is 1. The predicted molar refractivity (Wildman–Crippen MR) is 81.3 cm³/mol. The van der Waals surface area contributed by atoms with Crippen molar-refractivity contribution in [2.45, 2.75) is 26.3 Å². The summed E-state index contributed by atoms with van der Waals surface area (Å²) in [6.07, 6.45) is 1.00. The lowest BCUT2D eigenvalue weighted by atomic mass is 10.1. The third-order valence-corrected chi connectivity index (χ3v) is 3.06. The van der Waals surface area contributed by atoms with Crippen molar-refractivity contribution in [3.05, 3.63) is 29.6 Å². The van der Waals surface area contributed by atoms with E-state index in [1.54, 1.807) is 19.2 Å². The summed E-state index contributed by atoms with van der Waals surface area (Å²) in [5.74, 6) is 0.324.